The first-order chi connectivity index (χ1) is 6.83. The average Bonchev–Trinajstić information content (AvgIpc) is 2.43. The van der Waals surface area contributed by atoms with Crippen LogP contribution in [0.3, 0.4) is 0 Å². The summed E-state index contributed by atoms with van der Waals surface area (Å²) < 4.78 is 5.32. The molecular weight excluding hydrogens is 210 g/mol. The lowest BCUT2D eigenvalue weighted by Crippen LogP contribution is -2.35. The summed E-state index contributed by atoms with van der Waals surface area (Å²) in [6.07, 6.45) is -0.196. The van der Waals surface area contributed by atoms with Crippen LogP contribution in [-0.4, -0.2) is 35.4 Å². The van der Waals surface area contributed by atoms with Crippen LogP contribution in [0.25, 0.3) is 0 Å². The maximum absolute atomic E-state index is 11.7. The SMILES string of the molecule is CC1CN(C(=O)OC(C)(C)C)CC1CS. The van der Waals surface area contributed by atoms with Gasteiger partial charge in [0, 0.05) is 13.1 Å². The maximum Gasteiger partial charge on any atom is 0.410 e. The van der Waals surface area contributed by atoms with Crippen molar-refractivity contribution >= 4 is 18.7 Å². The fraction of sp³-hybridized carbons (Fsp3) is 0.909. The zero-order chi connectivity index (χ0) is 11.6. The largest absolute Gasteiger partial charge is 0.444 e. The Hall–Kier alpha value is -0.380. The zero-order valence-corrected chi connectivity index (χ0v) is 10.9. The van der Waals surface area contributed by atoms with Gasteiger partial charge >= 0.3 is 6.09 Å². The van der Waals surface area contributed by atoms with Crippen LogP contribution in [0.5, 0.6) is 0 Å². The lowest BCUT2D eigenvalue weighted by atomic mass is 10.0. The van der Waals surface area contributed by atoms with E-state index in [-0.39, 0.29) is 6.09 Å². The van der Waals surface area contributed by atoms with Crippen molar-refractivity contribution in [2.75, 3.05) is 18.8 Å². The summed E-state index contributed by atoms with van der Waals surface area (Å²) in [5.41, 5.74) is -0.403. The lowest BCUT2D eigenvalue weighted by Gasteiger charge is -2.24. The summed E-state index contributed by atoms with van der Waals surface area (Å²) in [6, 6.07) is 0. The molecule has 1 rings (SSSR count). The van der Waals surface area contributed by atoms with E-state index < -0.39 is 5.60 Å². The fourth-order valence-corrected chi connectivity index (χ4v) is 2.22. The second kappa shape index (κ2) is 4.64. The molecule has 1 amide bonds. The summed E-state index contributed by atoms with van der Waals surface area (Å²) in [5.74, 6) is 1.86. The van der Waals surface area contributed by atoms with Gasteiger partial charge in [0.2, 0.25) is 0 Å². The number of likely N-dealkylation sites (tertiary alicyclic amines) is 1. The molecule has 88 valence electrons. The number of amides is 1. The van der Waals surface area contributed by atoms with E-state index in [9.17, 15) is 4.79 Å². The van der Waals surface area contributed by atoms with E-state index in [4.69, 9.17) is 4.74 Å². The Morgan fingerprint density at radius 2 is 2.07 bits per heavy atom. The molecule has 0 aliphatic carbocycles. The van der Waals surface area contributed by atoms with Crippen LogP contribution in [0.15, 0.2) is 0 Å². The zero-order valence-electron chi connectivity index (χ0n) is 9.99. The summed E-state index contributed by atoms with van der Waals surface area (Å²) in [6.45, 7) is 9.40. The summed E-state index contributed by atoms with van der Waals surface area (Å²) >= 11 is 4.29. The van der Waals surface area contributed by atoms with Crippen molar-refractivity contribution < 1.29 is 9.53 Å². The molecule has 1 heterocycles. The molecule has 2 atom stereocenters. The molecule has 0 spiro atoms. The molecule has 0 N–H and O–H groups in total. The van der Waals surface area contributed by atoms with Crippen molar-refractivity contribution in [2.45, 2.75) is 33.3 Å². The quantitative estimate of drug-likeness (QED) is 0.702. The Bertz CT molecular complexity index is 237. The van der Waals surface area contributed by atoms with E-state index in [1.54, 1.807) is 4.90 Å². The van der Waals surface area contributed by atoms with Gasteiger partial charge in [0.25, 0.3) is 0 Å². The summed E-state index contributed by atoms with van der Waals surface area (Å²) in [4.78, 5) is 13.5. The number of carbonyl (C=O) groups is 1. The second-order valence-corrected chi connectivity index (χ2v) is 5.67. The molecule has 3 nitrogen and oxygen atoms in total. The van der Waals surface area contributed by atoms with Gasteiger partial charge in [0.1, 0.15) is 5.60 Å². The van der Waals surface area contributed by atoms with Crippen molar-refractivity contribution in [1.82, 2.24) is 4.90 Å². The first kappa shape index (κ1) is 12.7. The van der Waals surface area contributed by atoms with Crippen molar-refractivity contribution in [1.29, 1.82) is 0 Å². The number of hydrogen-bond donors (Lipinski definition) is 1. The molecular formula is C11H21NO2S. The van der Waals surface area contributed by atoms with E-state index in [2.05, 4.69) is 19.6 Å². The smallest absolute Gasteiger partial charge is 0.410 e. The van der Waals surface area contributed by atoms with Gasteiger partial charge in [-0.15, -0.1) is 0 Å². The Kier molecular flexibility index (Phi) is 3.93. The number of rotatable bonds is 1. The van der Waals surface area contributed by atoms with E-state index in [1.807, 2.05) is 20.8 Å². The van der Waals surface area contributed by atoms with E-state index in [0.29, 0.717) is 11.8 Å². The van der Waals surface area contributed by atoms with Crippen molar-refractivity contribution in [2.24, 2.45) is 11.8 Å². The molecule has 2 unspecified atom stereocenters. The van der Waals surface area contributed by atoms with E-state index in [1.165, 1.54) is 0 Å². The molecule has 1 aliphatic rings. The number of ether oxygens (including phenoxy) is 1. The fourth-order valence-electron chi connectivity index (χ4n) is 1.75. The highest BCUT2D eigenvalue weighted by Gasteiger charge is 2.33. The van der Waals surface area contributed by atoms with Crippen LogP contribution in [0.1, 0.15) is 27.7 Å². The minimum absolute atomic E-state index is 0.196. The first-order valence-corrected chi connectivity index (χ1v) is 6.05. The molecule has 1 fully saturated rings. The minimum atomic E-state index is -0.403. The van der Waals surface area contributed by atoms with Gasteiger partial charge < -0.3 is 9.64 Å². The average molecular weight is 231 g/mol. The maximum atomic E-state index is 11.7. The Morgan fingerprint density at radius 1 is 1.47 bits per heavy atom. The summed E-state index contributed by atoms with van der Waals surface area (Å²) in [7, 11) is 0. The van der Waals surface area contributed by atoms with Crippen LogP contribution in [0.2, 0.25) is 0 Å². The van der Waals surface area contributed by atoms with Crippen molar-refractivity contribution in [3.8, 4) is 0 Å². The predicted molar refractivity (Wildman–Crippen MR) is 64.3 cm³/mol. The van der Waals surface area contributed by atoms with Gasteiger partial charge in [0.05, 0.1) is 0 Å². The van der Waals surface area contributed by atoms with Gasteiger partial charge in [-0.05, 0) is 38.4 Å². The highest BCUT2D eigenvalue weighted by molar-refractivity contribution is 7.80. The molecule has 4 heteroatoms. The van der Waals surface area contributed by atoms with Gasteiger partial charge in [-0.2, -0.15) is 12.6 Å². The van der Waals surface area contributed by atoms with Crippen LogP contribution in [0.4, 0.5) is 4.79 Å². The molecule has 0 radical (unpaired) electrons. The molecule has 1 saturated heterocycles. The van der Waals surface area contributed by atoms with Crippen LogP contribution >= 0.6 is 12.6 Å². The van der Waals surface area contributed by atoms with Crippen molar-refractivity contribution in [3.05, 3.63) is 0 Å². The van der Waals surface area contributed by atoms with Crippen LogP contribution in [-0.2, 0) is 4.74 Å². The number of carbonyl (C=O) groups excluding carboxylic acids is 1. The number of nitrogens with zero attached hydrogens (tertiary/aromatic N) is 1. The van der Waals surface area contributed by atoms with E-state index >= 15 is 0 Å². The van der Waals surface area contributed by atoms with Crippen LogP contribution in [0, 0.1) is 11.8 Å². The molecule has 0 aromatic carbocycles. The Labute approximate surface area is 97.6 Å². The third kappa shape index (κ3) is 3.59. The van der Waals surface area contributed by atoms with Gasteiger partial charge in [0.15, 0.2) is 0 Å². The van der Waals surface area contributed by atoms with Gasteiger partial charge in [-0.25, -0.2) is 4.79 Å². The van der Waals surface area contributed by atoms with Crippen LogP contribution < -0.4 is 0 Å². The third-order valence-corrected chi connectivity index (χ3v) is 3.12. The second-order valence-electron chi connectivity index (χ2n) is 5.31. The summed E-state index contributed by atoms with van der Waals surface area (Å²) in [5, 5.41) is 0. The van der Waals surface area contributed by atoms with Gasteiger partial charge in [-0.1, -0.05) is 6.92 Å². The predicted octanol–water partition coefficient (Wildman–Crippen LogP) is 2.42. The molecule has 0 saturated carbocycles. The lowest BCUT2D eigenvalue weighted by molar-refractivity contribution is 0.0285. The highest BCUT2D eigenvalue weighted by Crippen LogP contribution is 2.25. The standard InChI is InChI=1S/C11H21NO2S/c1-8-5-12(6-9(8)7-15)10(13)14-11(2,3)4/h8-9,15H,5-7H2,1-4H3. The first-order valence-electron chi connectivity index (χ1n) is 5.42. The van der Waals surface area contributed by atoms with Gasteiger partial charge in [-0.3, -0.25) is 0 Å². The third-order valence-electron chi connectivity index (χ3n) is 2.65. The number of hydrogen-bond acceptors (Lipinski definition) is 3. The Balaban J connectivity index is 2.50. The normalized spacial score (nSPS) is 26.9. The molecule has 0 aromatic rings. The monoisotopic (exact) mass is 231 g/mol. The molecule has 1 aliphatic heterocycles. The van der Waals surface area contributed by atoms with E-state index in [0.717, 1.165) is 18.8 Å². The topological polar surface area (TPSA) is 29.5 Å². The van der Waals surface area contributed by atoms with Crippen molar-refractivity contribution in [3.63, 3.8) is 0 Å². The Morgan fingerprint density at radius 3 is 2.47 bits per heavy atom. The highest BCUT2D eigenvalue weighted by atomic mass is 32.1. The molecule has 15 heavy (non-hydrogen) atoms. The molecule has 0 aromatic heterocycles. The minimum Gasteiger partial charge on any atom is -0.444 e. The number of thiol groups is 1. The molecule has 0 bridgehead atoms.